The number of hydrogen-bond acceptors (Lipinski definition) is 6. The molecule has 1 spiro atoms. The Morgan fingerprint density at radius 1 is 1.16 bits per heavy atom. The van der Waals surface area contributed by atoms with Crippen LogP contribution in [0.4, 0.5) is 4.79 Å². The van der Waals surface area contributed by atoms with Gasteiger partial charge in [0.15, 0.2) is 0 Å². The van der Waals surface area contributed by atoms with Crippen LogP contribution in [-0.4, -0.2) is 55.0 Å². The number of hydrogen-bond donors (Lipinski definition) is 3. The summed E-state index contributed by atoms with van der Waals surface area (Å²) in [7, 11) is 0. The van der Waals surface area contributed by atoms with Crippen LogP contribution in [0.3, 0.4) is 0 Å². The molecule has 2 unspecified atom stereocenters. The van der Waals surface area contributed by atoms with E-state index in [1.807, 2.05) is 0 Å². The lowest BCUT2D eigenvalue weighted by Gasteiger charge is -2.33. The molecule has 2 heterocycles. The summed E-state index contributed by atoms with van der Waals surface area (Å²) in [6, 6.07) is 5.34. The summed E-state index contributed by atoms with van der Waals surface area (Å²) >= 11 is 6.00. The number of amides is 3. The first-order chi connectivity index (χ1) is 18.4. The summed E-state index contributed by atoms with van der Waals surface area (Å²) in [5.41, 5.74) is 0.453. The van der Waals surface area contributed by atoms with Crippen molar-refractivity contribution >= 4 is 35.8 Å². The molecule has 0 aromatic heterocycles. The maximum Gasteiger partial charge on any atom is 0.408 e. The van der Waals surface area contributed by atoms with Crippen LogP contribution in [0.25, 0.3) is 0 Å². The number of carbonyl (C=O) groups excluding carboxylic acids is 4. The third-order valence-corrected chi connectivity index (χ3v) is 8.27. The van der Waals surface area contributed by atoms with E-state index in [2.05, 4.69) is 16.0 Å². The average molecular weight is 548 g/mol. The lowest BCUT2D eigenvalue weighted by atomic mass is 9.83. The SMILES string of the molecule is O=CC(CC1CC2(CCOCC2)NC1=O)NC(=O)[C@H](CC1CCCCC1)NC(=O)OCc1cccc(Cl)c1. The molecule has 208 valence electrons. The molecular formula is C28H38ClN3O6. The number of rotatable bonds is 10. The molecule has 10 heteroatoms. The monoisotopic (exact) mass is 547 g/mol. The van der Waals surface area contributed by atoms with Crippen LogP contribution in [0.2, 0.25) is 5.02 Å². The Hall–Kier alpha value is -2.65. The van der Waals surface area contributed by atoms with Crippen molar-refractivity contribution in [2.75, 3.05) is 13.2 Å². The summed E-state index contributed by atoms with van der Waals surface area (Å²) in [6.45, 7) is 1.22. The van der Waals surface area contributed by atoms with Gasteiger partial charge in [-0.25, -0.2) is 4.79 Å². The zero-order valence-electron chi connectivity index (χ0n) is 21.7. The van der Waals surface area contributed by atoms with Gasteiger partial charge in [0.25, 0.3) is 0 Å². The Balaban J connectivity index is 1.35. The van der Waals surface area contributed by atoms with Crippen LogP contribution in [-0.2, 0) is 30.5 Å². The Kier molecular flexibility index (Phi) is 10.0. The first kappa shape index (κ1) is 28.4. The molecule has 1 aromatic rings. The highest BCUT2D eigenvalue weighted by Gasteiger charge is 2.45. The van der Waals surface area contributed by atoms with Gasteiger partial charge >= 0.3 is 6.09 Å². The number of halogens is 1. The molecule has 1 aliphatic carbocycles. The smallest absolute Gasteiger partial charge is 0.408 e. The average Bonchev–Trinajstić information content (AvgIpc) is 3.21. The lowest BCUT2D eigenvalue weighted by molar-refractivity contribution is -0.127. The predicted molar refractivity (Wildman–Crippen MR) is 141 cm³/mol. The van der Waals surface area contributed by atoms with Crippen molar-refractivity contribution in [1.82, 2.24) is 16.0 Å². The van der Waals surface area contributed by atoms with Crippen molar-refractivity contribution < 1.29 is 28.7 Å². The highest BCUT2D eigenvalue weighted by atomic mass is 35.5. The van der Waals surface area contributed by atoms with E-state index < -0.39 is 24.1 Å². The van der Waals surface area contributed by atoms with Crippen LogP contribution in [0.5, 0.6) is 0 Å². The van der Waals surface area contributed by atoms with E-state index in [1.54, 1.807) is 24.3 Å². The van der Waals surface area contributed by atoms with Gasteiger partial charge in [0, 0.05) is 29.7 Å². The maximum absolute atomic E-state index is 13.3. The van der Waals surface area contributed by atoms with Gasteiger partial charge in [-0.2, -0.15) is 0 Å². The Labute approximate surface area is 228 Å². The predicted octanol–water partition coefficient (Wildman–Crippen LogP) is 3.66. The topological polar surface area (TPSA) is 123 Å². The van der Waals surface area contributed by atoms with Gasteiger partial charge in [-0.3, -0.25) is 9.59 Å². The number of aldehydes is 1. The molecule has 3 N–H and O–H groups in total. The van der Waals surface area contributed by atoms with Gasteiger partial charge in [-0.15, -0.1) is 0 Å². The fraction of sp³-hybridized carbons (Fsp3) is 0.643. The van der Waals surface area contributed by atoms with E-state index >= 15 is 0 Å². The third kappa shape index (κ3) is 7.93. The molecule has 3 amide bonds. The van der Waals surface area contributed by atoms with Crippen molar-refractivity contribution in [1.29, 1.82) is 0 Å². The van der Waals surface area contributed by atoms with E-state index in [9.17, 15) is 19.2 Å². The third-order valence-electron chi connectivity index (χ3n) is 8.04. The highest BCUT2D eigenvalue weighted by molar-refractivity contribution is 6.30. The normalized spacial score (nSPS) is 22.8. The second kappa shape index (κ2) is 13.4. The Morgan fingerprint density at radius 2 is 1.92 bits per heavy atom. The molecule has 2 saturated heterocycles. The minimum atomic E-state index is -0.841. The second-order valence-corrected chi connectivity index (χ2v) is 11.3. The molecule has 3 atom stereocenters. The van der Waals surface area contributed by atoms with Gasteiger partial charge in [-0.05, 0) is 55.7 Å². The van der Waals surface area contributed by atoms with Crippen LogP contribution in [0.1, 0.15) is 69.8 Å². The number of nitrogens with one attached hydrogen (secondary N) is 3. The summed E-state index contributed by atoms with van der Waals surface area (Å²) in [5, 5.41) is 9.14. The van der Waals surface area contributed by atoms with Gasteiger partial charge < -0.3 is 30.2 Å². The molecule has 0 radical (unpaired) electrons. The summed E-state index contributed by atoms with van der Waals surface area (Å²) in [6.07, 6.45) is 8.13. The number of carbonyl (C=O) groups is 4. The summed E-state index contributed by atoms with van der Waals surface area (Å²) < 4.78 is 10.8. The van der Waals surface area contributed by atoms with E-state index in [4.69, 9.17) is 21.1 Å². The summed E-state index contributed by atoms with van der Waals surface area (Å²) in [4.78, 5) is 50.6. The van der Waals surface area contributed by atoms with E-state index in [0.29, 0.717) is 43.3 Å². The van der Waals surface area contributed by atoms with Crippen molar-refractivity contribution in [3.8, 4) is 0 Å². The molecule has 0 bridgehead atoms. The number of ether oxygens (including phenoxy) is 2. The number of benzene rings is 1. The maximum atomic E-state index is 13.3. The molecule has 1 saturated carbocycles. The lowest BCUT2D eigenvalue weighted by Crippen LogP contribution is -2.51. The zero-order chi connectivity index (χ0) is 27.0. The van der Waals surface area contributed by atoms with Crippen LogP contribution in [0.15, 0.2) is 24.3 Å². The fourth-order valence-electron chi connectivity index (χ4n) is 5.95. The van der Waals surface area contributed by atoms with Gasteiger partial charge in [-0.1, -0.05) is 55.8 Å². The van der Waals surface area contributed by atoms with E-state index in [0.717, 1.165) is 44.1 Å². The van der Waals surface area contributed by atoms with Crippen molar-refractivity contribution in [3.63, 3.8) is 0 Å². The van der Waals surface area contributed by atoms with E-state index in [-0.39, 0.29) is 30.4 Å². The quantitative estimate of drug-likeness (QED) is 0.384. The highest BCUT2D eigenvalue weighted by Crippen LogP contribution is 2.35. The van der Waals surface area contributed by atoms with E-state index in [1.165, 1.54) is 6.42 Å². The molecule has 3 fully saturated rings. The Bertz CT molecular complexity index is 993. The molecule has 4 rings (SSSR count). The molecule has 3 aliphatic rings. The van der Waals surface area contributed by atoms with Gasteiger partial charge in [0.05, 0.1) is 6.04 Å². The van der Waals surface area contributed by atoms with Crippen LogP contribution >= 0.6 is 11.6 Å². The zero-order valence-corrected chi connectivity index (χ0v) is 22.5. The molecular weight excluding hydrogens is 510 g/mol. The van der Waals surface area contributed by atoms with Crippen molar-refractivity contribution in [3.05, 3.63) is 34.9 Å². The largest absolute Gasteiger partial charge is 0.445 e. The molecule has 2 aliphatic heterocycles. The first-order valence-corrected chi connectivity index (χ1v) is 14.1. The first-order valence-electron chi connectivity index (χ1n) is 13.7. The molecule has 1 aromatic carbocycles. The minimum absolute atomic E-state index is 0.0186. The Morgan fingerprint density at radius 3 is 2.63 bits per heavy atom. The fourth-order valence-corrected chi connectivity index (χ4v) is 6.16. The second-order valence-electron chi connectivity index (χ2n) is 10.9. The van der Waals surface area contributed by atoms with Crippen LogP contribution < -0.4 is 16.0 Å². The van der Waals surface area contributed by atoms with Gasteiger partial charge in [0.1, 0.15) is 18.9 Å². The van der Waals surface area contributed by atoms with Gasteiger partial charge in [0.2, 0.25) is 11.8 Å². The van der Waals surface area contributed by atoms with Crippen molar-refractivity contribution in [2.24, 2.45) is 11.8 Å². The minimum Gasteiger partial charge on any atom is -0.445 e. The standard InChI is InChI=1S/C28H38ClN3O6/c29-22-8-4-7-20(13-22)18-38-27(36)31-24(14-19-5-2-1-3-6-19)26(35)30-23(17-33)15-21-16-28(32-25(21)34)9-11-37-12-10-28/h4,7-8,13,17,19,21,23-24H,1-3,5-6,9-12,14-16,18H2,(H,30,35)(H,31,36)(H,32,34)/t21?,23?,24-/m0/s1. The van der Waals surface area contributed by atoms with Crippen LogP contribution in [0, 0.1) is 11.8 Å². The molecule has 9 nitrogen and oxygen atoms in total. The summed E-state index contributed by atoms with van der Waals surface area (Å²) in [5.74, 6) is -0.589. The van der Waals surface area contributed by atoms with Crippen molar-refractivity contribution in [2.45, 2.75) is 88.4 Å². The molecule has 38 heavy (non-hydrogen) atoms. The number of alkyl carbamates (subject to hydrolysis) is 1.